The van der Waals surface area contributed by atoms with E-state index in [0.717, 1.165) is 39.2 Å². The van der Waals surface area contributed by atoms with Crippen LogP contribution >= 0.6 is 11.8 Å². The Balaban J connectivity index is 1.66. The van der Waals surface area contributed by atoms with Crippen LogP contribution in [0.5, 0.6) is 17.2 Å². The summed E-state index contributed by atoms with van der Waals surface area (Å²) in [5, 5.41) is 13.2. The Labute approximate surface area is 196 Å². The maximum atomic E-state index is 14.1. The number of benzene rings is 2. The standard InChI is InChI=1S/C25H26FNO5S/c1-14-18(8-15-9-21(30-2)25(29)22(10-15)31-3)17-5-4-16(26)11-19(17)20(14)13-27-23(28)12-24-32-6-7-33-24/h4-5,8-11,24,29H,6-7,12-13H2,1-3H3,(H,27,28)/b18-8-. The summed E-state index contributed by atoms with van der Waals surface area (Å²) in [5.41, 5.74) is 4.98. The number of hydrogen-bond acceptors (Lipinski definition) is 6. The molecular formula is C25H26FNO5S. The fourth-order valence-corrected chi connectivity index (χ4v) is 5.00. The molecule has 0 aromatic heterocycles. The summed E-state index contributed by atoms with van der Waals surface area (Å²) < 4.78 is 30.2. The third-order valence-corrected chi connectivity index (χ3v) is 6.85. The number of phenols is 1. The van der Waals surface area contributed by atoms with Crippen molar-refractivity contribution in [2.45, 2.75) is 18.8 Å². The van der Waals surface area contributed by atoms with Crippen molar-refractivity contribution < 1.29 is 28.5 Å². The second-order valence-electron chi connectivity index (χ2n) is 7.78. The smallest absolute Gasteiger partial charge is 0.223 e. The Morgan fingerprint density at radius 3 is 2.61 bits per heavy atom. The molecule has 1 unspecified atom stereocenters. The van der Waals surface area contributed by atoms with Gasteiger partial charge in [-0.1, -0.05) is 6.07 Å². The van der Waals surface area contributed by atoms with Gasteiger partial charge in [0.25, 0.3) is 0 Å². The molecule has 1 amide bonds. The highest BCUT2D eigenvalue weighted by Gasteiger charge is 2.26. The molecule has 1 saturated heterocycles. The molecule has 1 aliphatic heterocycles. The van der Waals surface area contributed by atoms with E-state index in [0.29, 0.717) is 24.5 Å². The molecule has 174 valence electrons. The molecule has 1 fully saturated rings. The van der Waals surface area contributed by atoms with E-state index < -0.39 is 0 Å². The van der Waals surface area contributed by atoms with E-state index in [-0.39, 0.29) is 29.5 Å². The SMILES string of the molecule is COc1cc(/C=C2/C(C)=C(CNC(=O)CC3OCCS3)c3cc(F)ccc32)cc(OC)c1O. The summed E-state index contributed by atoms with van der Waals surface area (Å²) in [7, 11) is 2.94. The lowest BCUT2D eigenvalue weighted by atomic mass is 10.00. The molecule has 0 spiro atoms. The van der Waals surface area contributed by atoms with Gasteiger partial charge in [0.15, 0.2) is 11.5 Å². The summed E-state index contributed by atoms with van der Waals surface area (Å²) in [6.45, 7) is 2.91. The molecule has 0 saturated carbocycles. The molecule has 8 heteroatoms. The second kappa shape index (κ2) is 9.89. The Morgan fingerprint density at radius 1 is 1.24 bits per heavy atom. The number of halogens is 1. The van der Waals surface area contributed by atoms with Crippen LogP contribution < -0.4 is 14.8 Å². The number of rotatable bonds is 7. The van der Waals surface area contributed by atoms with Gasteiger partial charge in [0, 0.05) is 12.3 Å². The van der Waals surface area contributed by atoms with Crippen molar-refractivity contribution >= 4 is 34.9 Å². The molecule has 1 aliphatic carbocycles. The van der Waals surface area contributed by atoms with Crippen LogP contribution in [0.1, 0.15) is 30.0 Å². The minimum Gasteiger partial charge on any atom is -0.502 e. The Kier molecular flexibility index (Phi) is 6.95. The number of carbonyl (C=O) groups excluding carboxylic acids is 1. The quantitative estimate of drug-likeness (QED) is 0.621. The van der Waals surface area contributed by atoms with Gasteiger partial charge in [-0.15, -0.1) is 11.8 Å². The van der Waals surface area contributed by atoms with Crippen LogP contribution in [0.2, 0.25) is 0 Å². The molecule has 33 heavy (non-hydrogen) atoms. The zero-order valence-corrected chi connectivity index (χ0v) is 19.6. The van der Waals surface area contributed by atoms with Crippen molar-refractivity contribution in [1.29, 1.82) is 0 Å². The van der Waals surface area contributed by atoms with E-state index in [4.69, 9.17) is 14.2 Å². The molecule has 4 rings (SSSR count). The first-order valence-corrected chi connectivity index (χ1v) is 11.6. The fraction of sp³-hybridized carbons (Fsp3) is 0.320. The van der Waals surface area contributed by atoms with Gasteiger partial charge in [-0.25, -0.2) is 4.39 Å². The number of ether oxygens (including phenoxy) is 3. The molecule has 2 aliphatic rings. The van der Waals surface area contributed by atoms with Gasteiger partial charge >= 0.3 is 0 Å². The lowest BCUT2D eigenvalue weighted by Gasteiger charge is -2.11. The number of carbonyl (C=O) groups is 1. The largest absolute Gasteiger partial charge is 0.502 e. The van der Waals surface area contributed by atoms with Crippen molar-refractivity contribution in [2.75, 3.05) is 33.1 Å². The molecule has 2 aromatic rings. The van der Waals surface area contributed by atoms with Gasteiger partial charge in [-0.3, -0.25) is 4.79 Å². The Bertz CT molecular complexity index is 1110. The first-order chi connectivity index (χ1) is 15.9. The third-order valence-electron chi connectivity index (χ3n) is 5.77. The van der Waals surface area contributed by atoms with E-state index in [1.165, 1.54) is 26.4 Å². The molecule has 0 bridgehead atoms. The average Bonchev–Trinajstić information content (AvgIpc) is 3.39. The van der Waals surface area contributed by atoms with Crippen LogP contribution in [0.4, 0.5) is 4.39 Å². The molecular weight excluding hydrogens is 445 g/mol. The normalized spacial score (nSPS) is 18.5. The van der Waals surface area contributed by atoms with Crippen molar-refractivity contribution in [1.82, 2.24) is 5.32 Å². The molecule has 6 nitrogen and oxygen atoms in total. The second-order valence-corrected chi connectivity index (χ2v) is 9.04. The highest BCUT2D eigenvalue weighted by atomic mass is 32.2. The minimum atomic E-state index is -0.338. The minimum absolute atomic E-state index is 0.0730. The highest BCUT2D eigenvalue weighted by molar-refractivity contribution is 8.00. The first kappa shape index (κ1) is 23.2. The van der Waals surface area contributed by atoms with Crippen LogP contribution in [0.3, 0.4) is 0 Å². The number of nitrogens with one attached hydrogen (secondary N) is 1. The van der Waals surface area contributed by atoms with Gasteiger partial charge in [0.05, 0.1) is 27.2 Å². The number of allylic oxidation sites excluding steroid dienone is 2. The van der Waals surface area contributed by atoms with Gasteiger partial charge in [-0.2, -0.15) is 0 Å². The molecule has 1 heterocycles. The van der Waals surface area contributed by atoms with Crippen LogP contribution in [0.15, 0.2) is 35.9 Å². The number of amides is 1. The predicted molar refractivity (Wildman–Crippen MR) is 128 cm³/mol. The summed E-state index contributed by atoms with van der Waals surface area (Å²) in [6, 6.07) is 8.08. The third kappa shape index (κ3) is 4.86. The predicted octanol–water partition coefficient (Wildman–Crippen LogP) is 4.47. The highest BCUT2D eigenvalue weighted by Crippen LogP contribution is 2.44. The Morgan fingerprint density at radius 2 is 1.97 bits per heavy atom. The van der Waals surface area contributed by atoms with E-state index in [1.807, 2.05) is 13.0 Å². The monoisotopic (exact) mass is 471 g/mol. The maximum absolute atomic E-state index is 14.1. The number of hydrogen-bond donors (Lipinski definition) is 2. The number of thioether (sulfide) groups is 1. The van der Waals surface area contributed by atoms with Gasteiger partial charge in [0.1, 0.15) is 11.3 Å². The molecule has 2 N–H and O–H groups in total. The average molecular weight is 472 g/mol. The van der Waals surface area contributed by atoms with Crippen molar-refractivity contribution in [2.24, 2.45) is 0 Å². The summed E-state index contributed by atoms with van der Waals surface area (Å²) >= 11 is 1.64. The van der Waals surface area contributed by atoms with Crippen LogP contribution in [-0.2, 0) is 9.53 Å². The van der Waals surface area contributed by atoms with Gasteiger partial charge in [-0.05, 0) is 70.7 Å². The first-order valence-electron chi connectivity index (χ1n) is 10.6. The molecule has 2 aromatic carbocycles. The van der Waals surface area contributed by atoms with Gasteiger partial charge < -0.3 is 24.6 Å². The zero-order valence-electron chi connectivity index (χ0n) is 18.7. The van der Waals surface area contributed by atoms with E-state index in [2.05, 4.69) is 5.32 Å². The van der Waals surface area contributed by atoms with E-state index in [9.17, 15) is 14.3 Å². The fourth-order valence-electron chi connectivity index (χ4n) is 4.08. The number of aromatic hydroxyl groups is 1. The molecule has 1 atom stereocenters. The van der Waals surface area contributed by atoms with E-state index >= 15 is 0 Å². The summed E-state index contributed by atoms with van der Waals surface area (Å²) in [4.78, 5) is 12.4. The summed E-state index contributed by atoms with van der Waals surface area (Å²) in [5.74, 6) is 0.972. The lowest BCUT2D eigenvalue weighted by Crippen LogP contribution is -2.28. The zero-order chi connectivity index (χ0) is 23.5. The number of methoxy groups -OCH3 is 2. The molecule has 0 radical (unpaired) electrons. The van der Waals surface area contributed by atoms with Crippen LogP contribution in [-0.4, -0.2) is 49.6 Å². The van der Waals surface area contributed by atoms with Crippen LogP contribution in [0.25, 0.3) is 17.2 Å². The van der Waals surface area contributed by atoms with Crippen molar-refractivity contribution in [3.05, 3.63) is 58.4 Å². The van der Waals surface area contributed by atoms with Gasteiger partial charge in [0.2, 0.25) is 11.7 Å². The maximum Gasteiger partial charge on any atom is 0.223 e. The lowest BCUT2D eigenvalue weighted by molar-refractivity contribution is -0.122. The van der Waals surface area contributed by atoms with Crippen LogP contribution in [0, 0.1) is 5.82 Å². The van der Waals surface area contributed by atoms with Crippen molar-refractivity contribution in [3.63, 3.8) is 0 Å². The van der Waals surface area contributed by atoms with E-state index in [1.54, 1.807) is 30.0 Å². The summed E-state index contributed by atoms with van der Waals surface area (Å²) in [6.07, 6.45) is 2.23. The number of phenolic OH excluding ortho intramolecular Hbond substituents is 1. The Hall–Kier alpha value is -2.97. The van der Waals surface area contributed by atoms with Crippen molar-refractivity contribution in [3.8, 4) is 17.2 Å². The topological polar surface area (TPSA) is 77.0 Å². The number of fused-ring (bicyclic) bond motifs is 1.